The third-order valence-electron chi connectivity index (χ3n) is 3.54. The third-order valence-corrected chi connectivity index (χ3v) is 3.54. The summed E-state index contributed by atoms with van der Waals surface area (Å²) < 4.78 is 0. The first kappa shape index (κ1) is 15.9. The van der Waals surface area contributed by atoms with Crippen LogP contribution >= 0.6 is 0 Å². The molecule has 1 aliphatic rings. The van der Waals surface area contributed by atoms with Crippen LogP contribution in [0.5, 0.6) is 5.75 Å². The fourth-order valence-electron chi connectivity index (χ4n) is 2.42. The van der Waals surface area contributed by atoms with Gasteiger partial charge in [-0.1, -0.05) is 31.2 Å². The smallest absolute Gasteiger partial charge is 0.117 e. The molecule has 0 atom stereocenters. The predicted octanol–water partition coefficient (Wildman–Crippen LogP) is 3.48. The number of phenols is 1. The third kappa shape index (κ3) is 3.58. The van der Waals surface area contributed by atoms with Crippen LogP contribution in [0.3, 0.4) is 0 Å². The Morgan fingerprint density at radius 3 is 2.55 bits per heavy atom. The molecule has 0 saturated heterocycles. The maximum atomic E-state index is 9.74. The average molecular weight is 297 g/mol. The molecule has 2 aromatic carbocycles. The van der Waals surface area contributed by atoms with E-state index in [0.29, 0.717) is 6.54 Å². The van der Waals surface area contributed by atoms with E-state index >= 15 is 0 Å². The second-order valence-corrected chi connectivity index (χ2v) is 5.20. The first-order chi connectivity index (χ1) is 10.2. The van der Waals surface area contributed by atoms with Gasteiger partial charge in [-0.15, -0.1) is 0 Å². The topological polar surface area (TPSA) is 47.9 Å². The Labute approximate surface area is 132 Å². The van der Waals surface area contributed by atoms with Gasteiger partial charge in [-0.3, -0.25) is 4.99 Å². The van der Waals surface area contributed by atoms with Crippen molar-refractivity contribution in [2.75, 3.05) is 24.5 Å². The van der Waals surface area contributed by atoms with Gasteiger partial charge in [-0.25, -0.2) is 0 Å². The van der Waals surface area contributed by atoms with Crippen molar-refractivity contribution in [3.05, 3.63) is 54.1 Å². The molecule has 0 bridgehead atoms. The molecule has 4 nitrogen and oxygen atoms in total. The highest BCUT2D eigenvalue weighted by Gasteiger charge is 2.14. The molecular weight excluding hydrogens is 274 g/mol. The Bertz CT molecular complexity index is 650. The number of aromatic hydroxyl groups is 1. The van der Waals surface area contributed by atoms with Crippen LogP contribution in [0.25, 0.3) is 0 Å². The number of amidine groups is 1. The molecule has 0 saturated carbocycles. The molecule has 1 heterocycles. The summed E-state index contributed by atoms with van der Waals surface area (Å²) in [5.74, 6) is 1.25. The highest BCUT2D eigenvalue weighted by molar-refractivity contribution is 5.90. The molecule has 0 aromatic heterocycles. The van der Waals surface area contributed by atoms with E-state index in [4.69, 9.17) is 0 Å². The van der Waals surface area contributed by atoms with Crippen LogP contribution in [0.2, 0.25) is 0 Å². The molecular formula is C18H23N3O. The first-order valence-electron chi connectivity index (χ1n) is 7.13. The number of aryl methyl sites for hydroxylation is 1. The van der Waals surface area contributed by atoms with Gasteiger partial charge in [0.15, 0.2) is 0 Å². The summed E-state index contributed by atoms with van der Waals surface area (Å²) in [6.45, 7) is 4.48. The van der Waals surface area contributed by atoms with Crippen LogP contribution in [0.1, 0.15) is 13.0 Å². The lowest BCUT2D eigenvalue weighted by molar-refractivity contribution is 0.475. The summed E-state index contributed by atoms with van der Waals surface area (Å²) in [6, 6.07) is 15.7. The van der Waals surface area contributed by atoms with E-state index in [9.17, 15) is 5.11 Å². The molecule has 0 fully saturated rings. The molecule has 22 heavy (non-hydrogen) atoms. The Kier molecular flexibility index (Phi) is 5.04. The largest absolute Gasteiger partial charge is 0.508 e. The quantitative estimate of drug-likeness (QED) is 0.908. The molecule has 1 aliphatic heterocycles. The van der Waals surface area contributed by atoms with Gasteiger partial charge in [-0.2, -0.15) is 0 Å². The molecule has 0 radical (unpaired) electrons. The fraction of sp³-hybridized carbons (Fsp3) is 0.278. The van der Waals surface area contributed by atoms with Gasteiger partial charge in [0.05, 0.1) is 13.1 Å². The highest BCUT2D eigenvalue weighted by Crippen LogP contribution is 2.28. The SMILES string of the molecule is C.Cc1ccc(N(CC2=NCCN2)c2cccc(O)c2)cc1. The number of nitrogens with one attached hydrogen (secondary N) is 1. The van der Waals surface area contributed by atoms with Gasteiger partial charge in [0.1, 0.15) is 11.6 Å². The number of hydrogen-bond acceptors (Lipinski definition) is 4. The van der Waals surface area contributed by atoms with Crippen molar-refractivity contribution in [3.63, 3.8) is 0 Å². The number of phenolic OH excluding ortho intramolecular Hbond substituents is 1. The molecule has 2 aromatic rings. The normalized spacial score (nSPS) is 13.0. The second kappa shape index (κ2) is 6.98. The molecule has 0 amide bonds. The van der Waals surface area contributed by atoms with Gasteiger partial charge < -0.3 is 15.3 Å². The lowest BCUT2D eigenvalue weighted by atomic mass is 10.2. The molecule has 2 N–H and O–H groups in total. The number of hydrogen-bond donors (Lipinski definition) is 2. The lowest BCUT2D eigenvalue weighted by Gasteiger charge is -2.25. The maximum absolute atomic E-state index is 9.74. The Morgan fingerprint density at radius 2 is 1.91 bits per heavy atom. The zero-order chi connectivity index (χ0) is 14.7. The maximum Gasteiger partial charge on any atom is 0.117 e. The van der Waals surface area contributed by atoms with Gasteiger partial charge in [-0.05, 0) is 31.2 Å². The van der Waals surface area contributed by atoms with Crippen molar-refractivity contribution in [2.45, 2.75) is 14.4 Å². The van der Waals surface area contributed by atoms with Gasteiger partial charge in [0, 0.05) is 24.0 Å². The van der Waals surface area contributed by atoms with E-state index < -0.39 is 0 Å². The molecule has 0 aliphatic carbocycles. The number of anilines is 2. The van der Waals surface area contributed by atoms with Crippen molar-refractivity contribution in [3.8, 4) is 5.75 Å². The van der Waals surface area contributed by atoms with E-state index in [1.165, 1.54) is 5.56 Å². The summed E-state index contributed by atoms with van der Waals surface area (Å²) in [6.07, 6.45) is 0. The van der Waals surface area contributed by atoms with Gasteiger partial charge in [0.25, 0.3) is 0 Å². The Balaban J connectivity index is 0.00000176. The average Bonchev–Trinajstić information content (AvgIpc) is 2.99. The van der Waals surface area contributed by atoms with E-state index in [2.05, 4.69) is 46.4 Å². The molecule has 4 heteroatoms. The predicted molar refractivity (Wildman–Crippen MR) is 93.3 cm³/mol. The van der Waals surface area contributed by atoms with Crippen LogP contribution in [-0.4, -0.2) is 30.6 Å². The zero-order valence-electron chi connectivity index (χ0n) is 12.1. The first-order valence-corrected chi connectivity index (χ1v) is 7.13. The lowest BCUT2D eigenvalue weighted by Crippen LogP contribution is -2.32. The van der Waals surface area contributed by atoms with Crippen LogP contribution < -0.4 is 10.2 Å². The van der Waals surface area contributed by atoms with E-state index in [-0.39, 0.29) is 13.2 Å². The second-order valence-electron chi connectivity index (χ2n) is 5.20. The summed E-state index contributed by atoms with van der Waals surface area (Å²) in [5.41, 5.74) is 3.27. The Hall–Kier alpha value is -2.49. The minimum Gasteiger partial charge on any atom is -0.508 e. The summed E-state index contributed by atoms with van der Waals surface area (Å²) in [7, 11) is 0. The van der Waals surface area contributed by atoms with Gasteiger partial charge in [0.2, 0.25) is 0 Å². The van der Waals surface area contributed by atoms with Crippen LogP contribution in [0.4, 0.5) is 11.4 Å². The minimum absolute atomic E-state index is 0. The van der Waals surface area contributed by atoms with Crippen molar-refractivity contribution in [1.29, 1.82) is 0 Å². The number of nitrogens with zero attached hydrogens (tertiary/aromatic N) is 2. The van der Waals surface area contributed by atoms with Crippen molar-refractivity contribution >= 4 is 17.2 Å². The number of aliphatic imine (C=N–C) groups is 1. The molecule has 0 spiro atoms. The van der Waals surface area contributed by atoms with E-state index in [1.807, 2.05) is 12.1 Å². The number of rotatable bonds is 4. The fourth-order valence-corrected chi connectivity index (χ4v) is 2.42. The van der Waals surface area contributed by atoms with Crippen molar-refractivity contribution in [1.82, 2.24) is 5.32 Å². The monoisotopic (exact) mass is 297 g/mol. The van der Waals surface area contributed by atoms with Gasteiger partial charge >= 0.3 is 0 Å². The summed E-state index contributed by atoms with van der Waals surface area (Å²) in [4.78, 5) is 6.62. The molecule has 116 valence electrons. The van der Waals surface area contributed by atoms with Crippen LogP contribution in [0, 0.1) is 6.92 Å². The zero-order valence-corrected chi connectivity index (χ0v) is 12.1. The van der Waals surface area contributed by atoms with Crippen LogP contribution in [0.15, 0.2) is 53.5 Å². The van der Waals surface area contributed by atoms with E-state index in [0.717, 1.165) is 30.3 Å². The minimum atomic E-state index is 0. The summed E-state index contributed by atoms with van der Waals surface area (Å²) in [5, 5.41) is 13.0. The van der Waals surface area contributed by atoms with Crippen molar-refractivity contribution < 1.29 is 5.11 Å². The van der Waals surface area contributed by atoms with Crippen LogP contribution in [-0.2, 0) is 0 Å². The van der Waals surface area contributed by atoms with E-state index in [1.54, 1.807) is 12.1 Å². The highest BCUT2D eigenvalue weighted by atomic mass is 16.3. The van der Waals surface area contributed by atoms with Crippen molar-refractivity contribution in [2.24, 2.45) is 4.99 Å². The number of benzene rings is 2. The standard InChI is InChI=1S/C17H19N3O.CH4/c1-13-5-7-14(8-6-13)20(12-17-18-9-10-19-17)15-3-2-4-16(21)11-15;/h2-8,11,21H,9-10,12H2,1H3,(H,18,19);1H4. The summed E-state index contributed by atoms with van der Waals surface area (Å²) >= 11 is 0. The molecule has 0 unspecified atom stereocenters. The Morgan fingerprint density at radius 1 is 1.14 bits per heavy atom. The molecule has 3 rings (SSSR count).